The van der Waals surface area contributed by atoms with Crippen LogP contribution in [-0.4, -0.2) is 24.8 Å². The van der Waals surface area contributed by atoms with Gasteiger partial charge in [0.05, 0.1) is 11.6 Å². The van der Waals surface area contributed by atoms with E-state index in [0.717, 1.165) is 16.3 Å². The van der Waals surface area contributed by atoms with Gasteiger partial charge in [-0.05, 0) is 23.3 Å². The standard InChI is InChI=1S/C16H16N2O2/c1-16(15(14(20)9-19)17-10-18-16)13-8-4-6-11-5-2-3-7-12(11)13/h2-9,15,17-18H,10H2,1H3. The second-order valence-corrected chi connectivity index (χ2v) is 5.24. The molecule has 4 heteroatoms. The molecule has 4 nitrogen and oxygen atoms in total. The van der Waals surface area contributed by atoms with Gasteiger partial charge in [-0.3, -0.25) is 20.2 Å². The molecule has 0 amide bonds. The van der Waals surface area contributed by atoms with Crippen molar-refractivity contribution in [2.75, 3.05) is 6.67 Å². The van der Waals surface area contributed by atoms with E-state index >= 15 is 0 Å². The summed E-state index contributed by atoms with van der Waals surface area (Å²) in [7, 11) is 0. The second-order valence-electron chi connectivity index (χ2n) is 5.24. The molecule has 2 unspecified atom stereocenters. The highest BCUT2D eigenvalue weighted by Crippen LogP contribution is 2.33. The van der Waals surface area contributed by atoms with Crippen molar-refractivity contribution in [1.82, 2.24) is 10.6 Å². The first kappa shape index (κ1) is 13.0. The normalized spacial score (nSPS) is 25.8. The van der Waals surface area contributed by atoms with Crippen LogP contribution in [0.5, 0.6) is 0 Å². The van der Waals surface area contributed by atoms with Gasteiger partial charge in [-0.2, -0.15) is 0 Å². The summed E-state index contributed by atoms with van der Waals surface area (Å²) in [4.78, 5) is 22.7. The van der Waals surface area contributed by atoms with Gasteiger partial charge in [-0.15, -0.1) is 0 Å². The Balaban J connectivity index is 2.18. The van der Waals surface area contributed by atoms with E-state index in [4.69, 9.17) is 0 Å². The summed E-state index contributed by atoms with van der Waals surface area (Å²) < 4.78 is 0. The van der Waals surface area contributed by atoms with Gasteiger partial charge in [0.2, 0.25) is 5.78 Å². The molecule has 0 aromatic heterocycles. The number of carbonyl (C=O) groups excluding carboxylic acids is 2. The summed E-state index contributed by atoms with van der Waals surface area (Å²) >= 11 is 0. The van der Waals surface area contributed by atoms with Crippen molar-refractivity contribution in [3.05, 3.63) is 48.0 Å². The number of Topliss-reactive ketones (excluding diaryl/α,β-unsaturated/α-hetero) is 1. The van der Waals surface area contributed by atoms with Crippen molar-refractivity contribution >= 4 is 22.8 Å². The predicted molar refractivity (Wildman–Crippen MR) is 77.3 cm³/mol. The van der Waals surface area contributed by atoms with E-state index in [2.05, 4.69) is 10.6 Å². The molecule has 2 atom stereocenters. The number of nitrogens with one attached hydrogen (secondary N) is 2. The van der Waals surface area contributed by atoms with Gasteiger partial charge in [0, 0.05) is 6.67 Å². The lowest BCUT2D eigenvalue weighted by Crippen LogP contribution is -2.49. The number of benzene rings is 2. The van der Waals surface area contributed by atoms with Crippen molar-refractivity contribution < 1.29 is 9.59 Å². The fraction of sp³-hybridized carbons (Fsp3) is 0.250. The summed E-state index contributed by atoms with van der Waals surface area (Å²) in [6.07, 6.45) is 0.397. The summed E-state index contributed by atoms with van der Waals surface area (Å²) in [6.45, 7) is 2.46. The molecule has 3 rings (SSSR count). The number of hydrogen-bond acceptors (Lipinski definition) is 4. The average molecular weight is 268 g/mol. The third-order valence-corrected chi connectivity index (χ3v) is 4.09. The Labute approximate surface area is 117 Å². The molecule has 102 valence electrons. The van der Waals surface area contributed by atoms with Crippen molar-refractivity contribution in [3.63, 3.8) is 0 Å². The SMILES string of the molecule is CC1(c2cccc3ccccc23)NCNC1C(=O)C=O. The van der Waals surface area contributed by atoms with E-state index < -0.39 is 17.4 Å². The largest absolute Gasteiger partial charge is 0.295 e. The van der Waals surface area contributed by atoms with Crippen LogP contribution in [0, 0.1) is 0 Å². The lowest BCUT2D eigenvalue weighted by molar-refractivity contribution is -0.131. The first-order valence-corrected chi connectivity index (χ1v) is 6.62. The molecule has 1 aliphatic rings. The Morgan fingerprint density at radius 2 is 2.00 bits per heavy atom. The Morgan fingerprint density at radius 3 is 2.80 bits per heavy atom. The van der Waals surface area contributed by atoms with Crippen LogP contribution < -0.4 is 10.6 Å². The summed E-state index contributed by atoms with van der Waals surface area (Å²) in [5.41, 5.74) is 0.444. The minimum atomic E-state index is -0.584. The van der Waals surface area contributed by atoms with Crippen molar-refractivity contribution in [3.8, 4) is 0 Å². The van der Waals surface area contributed by atoms with Crippen LogP contribution in [0.3, 0.4) is 0 Å². The number of ketones is 1. The molecule has 0 saturated carbocycles. The number of aldehydes is 1. The zero-order valence-corrected chi connectivity index (χ0v) is 11.2. The fourth-order valence-corrected chi connectivity index (χ4v) is 3.03. The molecule has 1 aliphatic heterocycles. The number of rotatable bonds is 3. The van der Waals surface area contributed by atoms with E-state index in [1.165, 1.54) is 0 Å². The predicted octanol–water partition coefficient (Wildman–Crippen LogP) is 1.34. The van der Waals surface area contributed by atoms with Crippen LogP contribution in [0.2, 0.25) is 0 Å². The van der Waals surface area contributed by atoms with Gasteiger partial charge >= 0.3 is 0 Å². The van der Waals surface area contributed by atoms with Gasteiger partial charge in [-0.25, -0.2) is 0 Å². The lowest BCUT2D eigenvalue weighted by atomic mass is 9.81. The Kier molecular flexibility index (Phi) is 3.12. The van der Waals surface area contributed by atoms with Crippen molar-refractivity contribution in [2.24, 2.45) is 0 Å². The lowest BCUT2D eigenvalue weighted by Gasteiger charge is -2.31. The molecule has 2 aromatic carbocycles. The van der Waals surface area contributed by atoms with Gasteiger partial charge in [0.15, 0.2) is 6.29 Å². The highest BCUT2D eigenvalue weighted by atomic mass is 16.2. The maximum absolute atomic E-state index is 11.9. The maximum atomic E-state index is 11.9. The minimum Gasteiger partial charge on any atom is -0.295 e. The van der Waals surface area contributed by atoms with Gasteiger partial charge in [0.1, 0.15) is 0 Å². The fourth-order valence-electron chi connectivity index (χ4n) is 3.03. The monoisotopic (exact) mass is 268 g/mol. The summed E-state index contributed by atoms with van der Waals surface area (Å²) in [5, 5.41) is 8.60. The first-order chi connectivity index (χ1) is 9.66. The molecule has 2 N–H and O–H groups in total. The van der Waals surface area contributed by atoms with Gasteiger partial charge < -0.3 is 0 Å². The van der Waals surface area contributed by atoms with E-state index in [9.17, 15) is 9.59 Å². The molecule has 0 spiro atoms. The Morgan fingerprint density at radius 1 is 1.25 bits per heavy atom. The molecule has 1 fully saturated rings. The molecule has 20 heavy (non-hydrogen) atoms. The van der Waals surface area contributed by atoms with Crippen LogP contribution in [0.4, 0.5) is 0 Å². The summed E-state index contributed by atoms with van der Waals surface area (Å²) in [5.74, 6) is -0.426. The van der Waals surface area contributed by atoms with E-state index in [-0.39, 0.29) is 0 Å². The van der Waals surface area contributed by atoms with Crippen molar-refractivity contribution in [1.29, 1.82) is 0 Å². The molecule has 1 heterocycles. The average Bonchev–Trinajstić information content (AvgIpc) is 2.89. The maximum Gasteiger partial charge on any atom is 0.214 e. The smallest absolute Gasteiger partial charge is 0.214 e. The summed E-state index contributed by atoms with van der Waals surface area (Å²) in [6, 6.07) is 13.5. The molecule has 0 bridgehead atoms. The van der Waals surface area contributed by atoms with Crippen LogP contribution in [0.15, 0.2) is 42.5 Å². The highest BCUT2D eigenvalue weighted by molar-refractivity contribution is 6.28. The Bertz CT molecular complexity index is 678. The van der Waals surface area contributed by atoms with Crippen LogP contribution in [-0.2, 0) is 15.1 Å². The van der Waals surface area contributed by atoms with E-state index in [0.29, 0.717) is 13.0 Å². The molecule has 2 aromatic rings. The zero-order chi connectivity index (χ0) is 14.2. The van der Waals surface area contributed by atoms with E-state index in [1.54, 1.807) is 0 Å². The van der Waals surface area contributed by atoms with Crippen LogP contribution >= 0.6 is 0 Å². The van der Waals surface area contributed by atoms with Crippen molar-refractivity contribution in [2.45, 2.75) is 18.5 Å². The minimum absolute atomic E-state index is 0.397. The number of fused-ring (bicyclic) bond motifs is 1. The number of carbonyl (C=O) groups is 2. The second kappa shape index (κ2) is 4.81. The first-order valence-electron chi connectivity index (χ1n) is 6.62. The zero-order valence-electron chi connectivity index (χ0n) is 11.2. The molecule has 0 aliphatic carbocycles. The topological polar surface area (TPSA) is 58.2 Å². The third-order valence-electron chi connectivity index (χ3n) is 4.09. The van der Waals surface area contributed by atoms with Gasteiger partial charge in [0.25, 0.3) is 0 Å². The highest BCUT2D eigenvalue weighted by Gasteiger charge is 2.44. The third kappa shape index (κ3) is 1.85. The van der Waals surface area contributed by atoms with Crippen LogP contribution in [0.25, 0.3) is 10.8 Å². The Hall–Kier alpha value is -2.04. The van der Waals surface area contributed by atoms with E-state index in [1.807, 2.05) is 49.4 Å². The van der Waals surface area contributed by atoms with Gasteiger partial charge in [-0.1, -0.05) is 42.5 Å². The molecular weight excluding hydrogens is 252 g/mol. The molecular formula is C16H16N2O2. The quantitative estimate of drug-likeness (QED) is 0.651. The molecule has 1 saturated heterocycles. The van der Waals surface area contributed by atoms with Crippen LogP contribution in [0.1, 0.15) is 12.5 Å². The number of hydrogen-bond donors (Lipinski definition) is 2. The molecule has 0 radical (unpaired) electrons.